The van der Waals surface area contributed by atoms with Gasteiger partial charge in [-0.1, -0.05) is 32.9 Å². The summed E-state index contributed by atoms with van der Waals surface area (Å²) < 4.78 is 0. The van der Waals surface area contributed by atoms with Crippen LogP contribution in [0.4, 0.5) is 5.69 Å². The van der Waals surface area contributed by atoms with Gasteiger partial charge in [-0.2, -0.15) is 0 Å². The Labute approximate surface area is 132 Å². The smallest absolute Gasteiger partial charge is 0.317 e. The minimum Gasteiger partial charge on any atom is -0.480 e. The molecule has 0 aromatic heterocycles. The second kappa shape index (κ2) is 9.20. The normalized spacial score (nSPS) is 12.2. The van der Waals surface area contributed by atoms with E-state index in [4.69, 9.17) is 5.11 Å². The number of carboxylic acid groups (broad SMARTS) is 1. The zero-order valence-corrected chi connectivity index (χ0v) is 13.6. The summed E-state index contributed by atoms with van der Waals surface area (Å²) in [6, 6.07) is 7.82. The minimum absolute atomic E-state index is 0.0905. The fraction of sp³-hybridized carbons (Fsp3) is 0.529. The molecule has 5 heteroatoms. The molecule has 1 aromatic rings. The van der Waals surface area contributed by atoms with E-state index in [1.54, 1.807) is 4.90 Å². The third kappa shape index (κ3) is 6.26. The number of hydrogen-bond acceptors (Lipinski definition) is 3. The Balaban J connectivity index is 2.57. The lowest BCUT2D eigenvalue weighted by molar-refractivity contribution is -0.138. The van der Waals surface area contributed by atoms with Crippen molar-refractivity contribution >= 4 is 17.6 Å². The molecule has 2 N–H and O–H groups in total. The van der Waals surface area contributed by atoms with Crippen LogP contribution in [0.15, 0.2) is 24.3 Å². The van der Waals surface area contributed by atoms with Crippen molar-refractivity contribution in [3.8, 4) is 0 Å². The first-order valence-electron chi connectivity index (χ1n) is 7.80. The number of carboxylic acids is 1. The van der Waals surface area contributed by atoms with Crippen LogP contribution in [0.1, 0.15) is 45.1 Å². The van der Waals surface area contributed by atoms with E-state index in [2.05, 4.69) is 19.2 Å². The van der Waals surface area contributed by atoms with E-state index in [1.807, 2.05) is 31.2 Å². The molecule has 0 aliphatic rings. The van der Waals surface area contributed by atoms with Crippen LogP contribution in [-0.2, 0) is 9.59 Å². The molecule has 1 aromatic carbocycles. The highest BCUT2D eigenvalue weighted by Gasteiger charge is 2.13. The number of amides is 1. The third-order valence-electron chi connectivity index (χ3n) is 3.64. The molecular weight excluding hydrogens is 280 g/mol. The second-order valence-corrected chi connectivity index (χ2v) is 5.58. The lowest BCUT2D eigenvalue weighted by Gasteiger charge is -2.19. The maximum Gasteiger partial charge on any atom is 0.317 e. The third-order valence-corrected chi connectivity index (χ3v) is 3.64. The van der Waals surface area contributed by atoms with Gasteiger partial charge in [0.2, 0.25) is 5.91 Å². The first kappa shape index (κ1) is 18.2. The van der Waals surface area contributed by atoms with Crippen LogP contribution in [0.2, 0.25) is 0 Å². The van der Waals surface area contributed by atoms with Gasteiger partial charge in [-0.05, 0) is 43.0 Å². The van der Waals surface area contributed by atoms with Crippen molar-refractivity contribution in [3.05, 3.63) is 29.8 Å². The number of hydrogen-bond donors (Lipinski definition) is 2. The Morgan fingerprint density at radius 2 is 1.82 bits per heavy atom. The van der Waals surface area contributed by atoms with Crippen molar-refractivity contribution in [2.45, 2.75) is 39.5 Å². The molecule has 0 aliphatic heterocycles. The molecule has 0 spiro atoms. The molecule has 0 radical (unpaired) electrons. The maximum atomic E-state index is 12.0. The van der Waals surface area contributed by atoms with E-state index in [1.165, 1.54) is 5.56 Å². The van der Waals surface area contributed by atoms with Gasteiger partial charge in [0.05, 0.1) is 13.1 Å². The average molecular weight is 306 g/mol. The van der Waals surface area contributed by atoms with Crippen LogP contribution in [0, 0.1) is 0 Å². The largest absolute Gasteiger partial charge is 0.480 e. The molecule has 1 rings (SSSR count). The number of nitrogens with zero attached hydrogens (tertiary/aromatic N) is 1. The quantitative estimate of drug-likeness (QED) is 0.736. The molecule has 22 heavy (non-hydrogen) atoms. The molecule has 122 valence electrons. The molecule has 1 unspecified atom stereocenters. The van der Waals surface area contributed by atoms with Gasteiger partial charge in [-0.25, -0.2) is 0 Å². The summed E-state index contributed by atoms with van der Waals surface area (Å²) in [5, 5.41) is 11.7. The minimum atomic E-state index is -0.917. The molecule has 5 nitrogen and oxygen atoms in total. The van der Waals surface area contributed by atoms with E-state index in [0.29, 0.717) is 12.5 Å². The molecule has 0 saturated heterocycles. The number of rotatable bonds is 9. The van der Waals surface area contributed by atoms with Crippen LogP contribution in [-0.4, -0.2) is 41.5 Å². The number of benzene rings is 1. The summed E-state index contributed by atoms with van der Waals surface area (Å²) in [5.74, 6) is -0.606. The number of aliphatic carboxylic acids is 1. The second-order valence-electron chi connectivity index (χ2n) is 5.58. The Morgan fingerprint density at radius 3 is 2.32 bits per heavy atom. The fourth-order valence-corrected chi connectivity index (χ4v) is 2.26. The first-order valence-corrected chi connectivity index (χ1v) is 7.80. The van der Waals surface area contributed by atoms with E-state index >= 15 is 0 Å². The number of anilines is 1. The van der Waals surface area contributed by atoms with Crippen LogP contribution >= 0.6 is 0 Å². The fourth-order valence-electron chi connectivity index (χ4n) is 2.26. The molecule has 0 saturated carbocycles. The number of carbonyl (C=O) groups is 2. The van der Waals surface area contributed by atoms with E-state index in [-0.39, 0.29) is 19.0 Å². The maximum absolute atomic E-state index is 12.0. The first-order chi connectivity index (χ1) is 10.5. The monoisotopic (exact) mass is 306 g/mol. The lowest BCUT2D eigenvalue weighted by Crippen LogP contribution is -2.37. The van der Waals surface area contributed by atoms with Crippen molar-refractivity contribution in [3.63, 3.8) is 0 Å². The zero-order chi connectivity index (χ0) is 16.5. The van der Waals surface area contributed by atoms with Gasteiger partial charge >= 0.3 is 5.97 Å². The Hall–Kier alpha value is -1.88. The Bertz CT molecular complexity index is 485. The zero-order valence-electron chi connectivity index (χ0n) is 13.6. The number of nitrogens with one attached hydrogen (secondary N) is 1. The van der Waals surface area contributed by atoms with Crippen molar-refractivity contribution in [2.75, 3.05) is 25.0 Å². The molecule has 0 heterocycles. The SMILES string of the molecule is CCCN(CC(=O)O)CC(=O)Nc1ccc(C(C)CC)cc1. The summed E-state index contributed by atoms with van der Waals surface area (Å²) in [5.41, 5.74) is 1.99. The Morgan fingerprint density at radius 1 is 1.18 bits per heavy atom. The van der Waals surface area contributed by atoms with Crippen LogP contribution in [0.3, 0.4) is 0 Å². The van der Waals surface area contributed by atoms with Crippen molar-refractivity contribution in [1.29, 1.82) is 0 Å². The Kier molecular flexibility index (Phi) is 7.60. The molecule has 0 aliphatic carbocycles. The van der Waals surface area contributed by atoms with Crippen LogP contribution in [0.5, 0.6) is 0 Å². The van der Waals surface area contributed by atoms with Gasteiger partial charge in [0.25, 0.3) is 0 Å². The number of carbonyl (C=O) groups excluding carboxylic acids is 1. The standard InChI is InChI=1S/C17H26N2O3/c1-4-10-19(12-17(21)22)11-16(20)18-15-8-6-14(7-9-15)13(3)5-2/h6-9,13H,4-5,10-12H2,1-3H3,(H,18,20)(H,21,22). The highest BCUT2D eigenvalue weighted by Crippen LogP contribution is 2.20. The topological polar surface area (TPSA) is 69.6 Å². The van der Waals surface area contributed by atoms with Crippen molar-refractivity contribution in [2.24, 2.45) is 0 Å². The van der Waals surface area contributed by atoms with Gasteiger partial charge in [-0.15, -0.1) is 0 Å². The van der Waals surface area contributed by atoms with Gasteiger partial charge < -0.3 is 10.4 Å². The average Bonchev–Trinajstić information content (AvgIpc) is 2.46. The predicted octanol–water partition coefficient (Wildman–Crippen LogP) is 2.94. The summed E-state index contributed by atoms with van der Waals surface area (Å²) in [6.45, 7) is 6.84. The highest BCUT2D eigenvalue weighted by molar-refractivity contribution is 5.92. The van der Waals surface area contributed by atoms with Crippen molar-refractivity contribution in [1.82, 2.24) is 4.90 Å². The summed E-state index contributed by atoms with van der Waals surface area (Å²) in [7, 11) is 0. The molecule has 1 amide bonds. The summed E-state index contributed by atoms with van der Waals surface area (Å²) in [4.78, 5) is 24.4. The van der Waals surface area contributed by atoms with Gasteiger partial charge in [0, 0.05) is 5.69 Å². The molecular formula is C17H26N2O3. The highest BCUT2D eigenvalue weighted by atomic mass is 16.4. The van der Waals surface area contributed by atoms with E-state index in [0.717, 1.165) is 18.5 Å². The molecule has 0 fully saturated rings. The van der Waals surface area contributed by atoms with Gasteiger partial charge in [0.15, 0.2) is 0 Å². The van der Waals surface area contributed by atoms with Crippen LogP contribution in [0.25, 0.3) is 0 Å². The van der Waals surface area contributed by atoms with Crippen LogP contribution < -0.4 is 5.32 Å². The molecule has 1 atom stereocenters. The summed E-state index contributed by atoms with van der Waals surface area (Å²) >= 11 is 0. The van der Waals surface area contributed by atoms with Crippen molar-refractivity contribution < 1.29 is 14.7 Å². The lowest BCUT2D eigenvalue weighted by atomic mass is 9.99. The molecule has 0 bridgehead atoms. The summed E-state index contributed by atoms with van der Waals surface area (Å²) in [6.07, 6.45) is 1.89. The predicted molar refractivity (Wildman–Crippen MR) is 88.1 cm³/mol. The van der Waals surface area contributed by atoms with E-state index in [9.17, 15) is 9.59 Å². The van der Waals surface area contributed by atoms with E-state index < -0.39 is 5.97 Å². The van der Waals surface area contributed by atoms with Gasteiger partial charge in [0.1, 0.15) is 0 Å². The van der Waals surface area contributed by atoms with Gasteiger partial charge in [-0.3, -0.25) is 14.5 Å².